The summed E-state index contributed by atoms with van der Waals surface area (Å²) in [5.41, 5.74) is 17.2. The van der Waals surface area contributed by atoms with Gasteiger partial charge in [0, 0.05) is 37.1 Å². The van der Waals surface area contributed by atoms with Crippen molar-refractivity contribution in [2.24, 2.45) is 0 Å². The third kappa shape index (κ3) is 7.38. The standard InChI is InChI=1S/C64H49NS/c1-4-17-45(18-5-1)53-42-37-50(43-59(53)47-21-8-3-9-22-47)44-33-38-51(39-34-44)65(52-40-35-48(36-41-52)55-28-16-32-62-64(55)58-26-11-13-31-61(58)66-62)60-30-12-10-25-56(60)57-29-15-24-49-23-14-27-54(63(49)57)46-19-6-2-7-20-46/h1,3-5,8-18,21-43,46H,2,6-7,19-20H2. The molecule has 10 aromatic carbocycles. The molecule has 1 heterocycles. The van der Waals surface area contributed by atoms with Gasteiger partial charge < -0.3 is 4.90 Å². The Bertz CT molecular complexity index is 3480. The van der Waals surface area contributed by atoms with Crippen molar-refractivity contribution in [2.45, 2.75) is 38.0 Å². The van der Waals surface area contributed by atoms with Crippen molar-refractivity contribution in [3.05, 3.63) is 236 Å². The number of fused-ring (bicyclic) bond motifs is 4. The molecule has 0 aliphatic heterocycles. The lowest BCUT2D eigenvalue weighted by atomic mass is 9.80. The van der Waals surface area contributed by atoms with E-state index in [1.807, 2.05) is 11.3 Å². The van der Waals surface area contributed by atoms with Crippen molar-refractivity contribution in [1.29, 1.82) is 0 Å². The quantitative estimate of drug-likeness (QED) is 0.140. The summed E-state index contributed by atoms with van der Waals surface area (Å²) in [4.78, 5) is 2.47. The van der Waals surface area contributed by atoms with Gasteiger partial charge in [-0.05, 0) is 134 Å². The zero-order valence-electron chi connectivity index (χ0n) is 36.9. The molecular formula is C64H49NS. The fraction of sp³-hybridized carbons (Fsp3) is 0.0938. The molecule has 316 valence electrons. The highest BCUT2D eigenvalue weighted by molar-refractivity contribution is 7.25. The van der Waals surface area contributed by atoms with Gasteiger partial charge in [-0.15, -0.1) is 11.3 Å². The topological polar surface area (TPSA) is 3.24 Å². The second-order valence-electron chi connectivity index (χ2n) is 17.8. The number of hydrogen-bond donors (Lipinski definition) is 0. The molecule has 0 atom stereocenters. The molecule has 11 aromatic rings. The van der Waals surface area contributed by atoms with Crippen molar-refractivity contribution in [1.82, 2.24) is 0 Å². The Hall–Kier alpha value is -7.52. The van der Waals surface area contributed by atoms with Crippen molar-refractivity contribution in [3.63, 3.8) is 0 Å². The molecule has 1 nitrogen and oxygen atoms in total. The molecule has 12 rings (SSSR count). The fourth-order valence-corrected chi connectivity index (χ4v) is 11.9. The van der Waals surface area contributed by atoms with Crippen LogP contribution >= 0.6 is 11.3 Å². The highest BCUT2D eigenvalue weighted by Gasteiger charge is 2.23. The Morgan fingerprint density at radius 3 is 1.67 bits per heavy atom. The van der Waals surface area contributed by atoms with Gasteiger partial charge in [0.2, 0.25) is 0 Å². The maximum absolute atomic E-state index is 2.47. The normalized spacial score (nSPS) is 13.1. The van der Waals surface area contributed by atoms with Crippen LogP contribution in [0.5, 0.6) is 0 Å². The summed E-state index contributed by atoms with van der Waals surface area (Å²) in [5, 5.41) is 5.37. The molecule has 1 aliphatic carbocycles. The summed E-state index contributed by atoms with van der Waals surface area (Å²) in [6.07, 6.45) is 6.48. The van der Waals surface area contributed by atoms with E-state index < -0.39 is 0 Å². The third-order valence-electron chi connectivity index (χ3n) is 13.9. The number of benzene rings is 10. The lowest BCUT2D eigenvalue weighted by Crippen LogP contribution is -2.11. The van der Waals surface area contributed by atoms with E-state index in [0.717, 1.165) is 17.1 Å². The lowest BCUT2D eigenvalue weighted by molar-refractivity contribution is 0.445. The molecule has 1 saturated carbocycles. The molecule has 0 radical (unpaired) electrons. The van der Waals surface area contributed by atoms with Crippen molar-refractivity contribution in [2.75, 3.05) is 4.90 Å². The van der Waals surface area contributed by atoms with Gasteiger partial charge in [0.25, 0.3) is 0 Å². The second kappa shape index (κ2) is 17.5. The molecule has 0 bridgehead atoms. The summed E-state index contributed by atoms with van der Waals surface area (Å²) in [6.45, 7) is 0. The minimum absolute atomic E-state index is 0.584. The zero-order valence-corrected chi connectivity index (χ0v) is 37.7. The number of nitrogens with zero attached hydrogens (tertiary/aromatic N) is 1. The van der Waals surface area contributed by atoms with Crippen LogP contribution in [0.15, 0.2) is 231 Å². The first-order chi connectivity index (χ1) is 32.7. The smallest absolute Gasteiger partial charge is 0.0540 e. The molecule has 0 unspecified atom stereocenters. The van der Waals surface area contributed by atoms with Gasteiger partial charge in [-0.3, -0.25) is 0 Å². The molecule has 0 N–H and O–H groups in total. The number of hydrogen-bond acceptors (Lipinski definition) is 2. The van der Waals surface area contributed by atoms with Crippen LogP contribution in [0.1, 0.15) is 43.6 Å². The Kier molecular flexibility index (Phi) is 10.6. The van der Waals surface area contributed by atoms with E-state index in [2.05, 4.69) is 235 Å². The summed E-state index contributed by atoms with van der Waals surface area (Å²) in [6, 6.07) is 85.4. The van der Waals surface area contributed by atoms with Crippen LogP contribution in [0.4, 0.5) is 17.1 Å². The summed E-state index contributed by atoms with van der Waals surface area (Å²) in [7, 11) is 0. The molecule has 0 saturated heterocycles. The Morgan fingerprint density at radius 1 is 0.348 bits per heavy atom. The molecule has 2 heteroatoms. The van der Waals surface area contributed by atoms with Crippen LogP contribution in [-0.4, -0.2) is 0 Å². The third-order valence-corrected chi connectivity index (χ3v) is 15.0. The number of thiophene rings is 1. The SMILES string of the molecule is c1ccc(-c2ccc(-c3ccc(N(c4ccc(-c5cccc6sc7ccccc7c56)cc4)c4ccccc4-c4cccc5cccc(C6CCCCC6)c45)cc3)cc2-c2ccccc2)cc1. The number of rotatable bonds is 9. The van der Waals surface area contributed by atoms with E-state index in [4.69, 9.17) is 0 Å². The van der Waals surface area contributed by atoms with E-state index in [0.29, 0.717) is 5.92 Å². The molecule has 0 spiro atoms. The molecule has 1 fully saturated rings. The van der Waals surface area contributed by atoms with E-state index in [1.165, 1.54) is 124 Å². The van der Waals surface area contributed by atoms with Crippen LogP contribution in [-0.2, 0) is 0 Å². The monoisotopic (exact) mass is 863 g/mol. The summed E-state index contributed by atoms with van der Waals surface area (Å²) >= 11 is 1.87. The van der Waals surface area contributed by atoms with Gasteiger partial charge in [-0.25, -0.2) is 0 Å². The van der Waals surface area contributed by atoms with Crippen molar-refractivity contribution < 1.29 is 0 Å². The lowest BCUT2D eigenvalue weighted by Gasteiger charge is -2.29. The van der Waals surface area contributed by atoms with Crippen molar-refractivity contribution >= 4 is 59.3 Å². The minimum atomic E-state index is 0.584. The molecule has 66 heavy (non-hydrogen) atoms. The average molecular weight is 864 g/mol. The predicted molar refractivity (Wildman–Crippen MR) is 285 cm³/mol. The van der Waals surface area contributed by atoms with Crippen LogP contribution in [0.25, 0.3) is 86.6 Å². The molecule has 0 amide bonds. The van der Waals surface area contributed by atoms with E-state index in [1.54, 1.807) is 0 Å². The highest BCUT2D eigenvalue weighted by Crippen LogP contribution is 2.47. The summed E-state index contributed by atoms with van der Waals surface area (Å²) in [5.74, 6) is 0.584. The van der Waals surface area contributed by atoms with Crippen LogP contribution in [0.3, 0.4) is 0 Å². The van der Waals surface area contributed by atoms with Crippen LogP contribution in [0, 0.1) is 0 Å². The first-order valence-electron chi connectivity index (χ1n) is 23.5. The van der Waals surface area contributed by atoms with Crippen molar-refractivity contribution in [3.8, 4) is 55.6 Å². The minimum Gasteiger partial charge on any atom is -0.310 e. The van der Waals surface area contributed by atoms with Crippen LogP contribution < -0.4 is 4.90 Å². The van der Waals surface area contributed by atoms with E-state index in [9.17, 15) is 0 Å². The number of para-hydroxylation sites is 1. The zero-order chi connectivity index (χ0) is 43.8. The molecular weight excluding hydrogens is 815 g/mol. The maximum Gasteiger partial charge on any atom is 0.0540 e. The highest BCUT2D eigenvalue weighted by atomic mass is 32.1. The Balaban J connectivity index is 1.000. The molecule has 1 aromatic heterocycles. The Labute approximate surface area is 391 Å². The fourth-order valence-electron chi connectivity index (χ4n) is 10.7. The van der Waals surface area contributed by atoms with E-state index in [-0.39, 0.29) is 0 Å². The number of anilines is 3. The first-order valence-corrected chi connectivity index (χ1v) is 24.3. The van der Waals surface area contributed by atoms with Gasteiger partial charge in [-0.2, -0.15) is 0 Å². The van der Waals surface area contributed by atoms with Gasteiger partial charge in [0.1, 0.15) is 0 Å². The predicted octanol–water partition coefficient (Wildman–Crippen LogP) is 19.1. The second-order valence-corrected chi connectivity index (χ2v) is 18.9. The summed E-state index contributed by atoms with van der Waals surface area (Å²) < 4.78 is 2.65. The maximum atomic E-state index is 2.47. The Morgan fingerprint density at radius 2 is 0.909 bits per heavy atom. The average Bonchev–Trinajstić information content (AvgIpc) is 3.79. The van der Waals surface area contributed by atoms with Crippen LogP contribution in [0.2, 0.25) is 0 Å². The molecule has 1 aliphatic rings. The largest absolute Gasteiger partial charge is 0.310 e. The van der Waals surface area contributed by atoms with Gasteiger partial charge >= 0.3 is 0 Å². The van der Waals surface area contributed by atoms with Gasteiger partial charge in [0.05, 0.1) is 5.69 Å². The first kappa shape index (κ1) is 40.0. The van der Waals surface area contributed by atoms with E-state index >= 15 is 0 Å². The van der Waals surface area contributed by atoms with Gasteiger partial charge in [0.15, 0.2) is 0 Å². The van der Waals surface area contributed by atoms with Gasteiger partial charge in [-0.1, -0.05) is 201 Å².